The van der Waals surface area contributed by atoms with E-state index in [0.29, 0.717) is 6.54 Å². The smallest absolute Gasteiger partial charge is 0.240 e. The molecule has 1 saturated carbocycles. The number of hydrogen-bond donors (Lipinski definition) is 2. The molecule has 0 saturated heterocycles. The zero-order valence-electron chi connectivity index (χ0n) is 11.7. The Morgan fingerprint density at radius 3 is 2.76 bits per heavy atom. The van der Waals surface area contributed by atoms with Gasteiger partial charge < -0.3 is 5.73 Å². The molecule has 0 atom stereocenters. The second-order valence-electron chi connectivity index (χ2n) is 5.13. The van der Waals surface area contributed by atoms with Crippen molar-refractivity contribution in [2.45, 2.75) is 30.6 Å². The zero-order valence-corrected chi connectivity index (χ0v) is 12.5. The van der Waals surface area contributed by atoms with Gasteiger partial charge in [0.25, 0.3) is 0 Å². The number of benzene rings is 1. The minimum atomic E-state index is -3.66. The van der Waals surface area contributed by atoms with Crippen LogP contribution in [0.15, 0.2) is 23.1 Å². The minimum Gasteiger partial charge on any atom is -0.320 e. The lowest BCUT2D eigenvalue weighted by molar-refractivity contribution is 0.569. The lowest BCUT2D eigenvalue weighted by Crippen LogP contribution is -2.25. The molecule has 0 amide bonds. The van der Waals surface area contributed by atoms with Crippen molar-refractivity contribution in [1.29, 1.82) is 0 Å². The predicted molar refractivity (Wildman–Crippen MR) is 79.5 cm³/mol. The fraction of sp³-hybridized carbons (Fsp3) is 0.467. The number of hydrogen-bond acceptors (Lipinski definition) is 3. The third-order valence-corrected chi connectivity index (χ3v) is 4.81. The summed E-state index contributed by atoms with van der Waals surface area (Å²) in [4.78, 5) is -0.0790. The van der Waals surface area contributed by atoms with Crippen LogP contribution in [-0.2, 0) is 10.0 Å². The Morgan fingerprint density at radius 1 is 1.38 bits per heavy atom. The average molecular weight is 310 g/mol. The molecular weight excluding hydrogens is 291 g/mol. The number of halogens is 1. The Balaban J connectivity index is 1.99. The summed E-state index contributed by atoms with van der Waals surface area (Å²) in [7, 11) is -3.66. The highest BCUT2D eigenvalue weighted by molar-refractivity contribution is 7.89. The van der Waals surface area contributed by atoms with Gasteiger partial charge in [-0.2, -0.15) is 0 Å². The van der Waals surface area contributed by atoms with Crippen molar-refractivity contribution in [3.05, 3.63) is 29.6 Å². The lowest BCUT2D eigenvalue weighted by atomic mass is 10.2. The molecule has 1 aliphatic carbocycles. The summed E-state index contributed by atoms with van der Waals surface area (Å²) in [6.07, 6.45) is 4.36. The molecule has 0 spiro atoms. The third kappa shape index (κ3) is 4.81. The molecule has 0 bridgehead atoms. The zero-order chi connectivity index (χ0) is 15.3. The van der Waals surface area contributed by atoms with E-state index in [0.717, 1.165) is 24.8 Å². The molecule has 0 radical (unpaired) electrons. The van der Waals surface area contributed by atoms with E-state index in [-0.39, 0.29) is 17.0 Å². The normalized spacial score (nSPS) is 14.6. The van der Waals surface area contributed by atoms with E-state index in [9.17, 15) is 12.8 Å². The lowest BCUT2D eigenvalue weighted by Gasteiger charge is -2.07. The molecule has 4 nitrogen and oxygen atoms in total. The van der Waals surface area contributed by atoms with Crippen LogP contribution >= 0.6 is 0 Å². The topological polar surface area (TPSA) is 72.2 Å². The first-order valence-electron chi connectivity index (χ1n) is 7.01. The van der Waals surface area contributed by atoms with Crippen molar-refractivity contribution in [1.82, 2.24) is 4.72 Å². The van der Waals surface area contributed by atoms with Crippen LogP contribution in [0.1, 0.15) is 31.2 Å². The Hall–Kier alpha value is -1.42. The highest BCUT2D eigenvalue weighted by Crippen LogP contribution is 2.33. The van der Waals surface area contributed by atoms with Crippen LogP contribution in [0.4, 0.5) is 4.39 Å². The van der Waals surface area contributed by atoms with Crippen LogP contribution in [0.2, 0.25) is 0 Å². The van der Waals surface area contributed by atoms with Crippen LogP contribution in [0, 0.1) is 23.6 Å². The van der Waals surface area contributed by atoms with E-state index in [4.69, 9.17) is 5.73 Å². The van der Waals surface area contributed by atoms with E-state index in [1.165, 1.54) is 25.0 Å². The number of sulfonamides is 1. The van der Waals surface area contributed by atoms with Gasteiger partial charge in [-0.1, -0.05) is 24.7 Å². The van der Waals surface area contributed by atoms with Crippen LogP contribution < -0.4 is 10.5 Å². The van der Waals surface area contributed by atoms with Gasteiger partial charge in [0.2, 0.25) is 10.0 Å². The predicted octanol–water partition coefficient (Wildman–Crippen LogP) is 1.60. The van der Waals surface area contributed by atoms with Crippen molar-refractivity contribution in [3.63, 3.8) is 0 Å². The van der Waals surface area contributed by atoms with Gasteiger partial charge in [-0.05, 0) is 37.0 Å². The van der Waals surface area contributed by atoms with Crippen LogP contribution in [-0.4, -0.2) is 21.5 Å². The Morgan fingerprint density at radius 2 is 2.14 bits per heavy atom. The van der Waals surface area contributed by atoms with E-state index < -0.39 is 15.8 Å². The van der Waals surface area contributed by atoms with E-state index >= 15 is 0 Å². The molecule has 0 aliphatic heterocycles. The molecule has 21 heavy (non-hydrogen) atoms. The van der Waals surface area contributed by atoms with Gasteiger partial charge in [0, 0.05) is 6.54 Å². The van der Waals surface area contributed by atoms with E-state index in [1.54, 1.807) is 0 Å². The molecule has 0 heterocycles. The molecule has 0 aromatic heterocycles. The first-order chi connectivity index (χ1) is 10.0. The molecule has 3 N–H and O–H groups in total. The molecular formula is C15H19FN2O2S. The molecule has 114 valence electrons. The average Bonchev–Trinajstić information content (AvgIpc) is 3.26. The van der Waals surface area contributed by atoms with Gasteiger partial charge in [-0.3, -0.25) is 0 Å². The number of nitrogens with two attached hydrogens (primary N) is 1. The highest BCUT2D eigenvalue weighted by atomic mass is 32.2. The second kappa shape index (κ2) is 7.03. The first-order valence-corrected chi connectivity index (χ1v) is 8.49. The molecule has 1 aliphatic rings. The van der Waals surface area contributed by atoms with E-state index in [1.807, 2.05) is 0 Å². The molecule has 0 unspecified atom stereocenters. The third-order valence-electron chi connectivity index (χ3n) is 3.35. The maximum atomic E-state index is 13.8. The highest BCUT2D eigenvalue weighted by Gasteiger charge is 2.21. The van der Waals surface area contributed by atoms with Gasteiger partial charge >= 0.3 is 0 Å². The van der Waals surface area contributed by atoms with Crippen LogP contribution in [0.5, 0.6) is 0 Å². The Bertz CT molecular complexity index is 658. The molecule has 6 heteroatoms. The molecule has 1 fully saturated rings. The Kier molecular flexibility index (Phi) is 5.34. The maximum Gasteiger partial charge on any atom is 0.240 e. The first kappa shape index (κ1) is 16.0. The fourth-order valence-corrected chi connectivity index (χ4v) is 3.08. The summed E-state index contributed by atoms with van der Waals surface area (Å²) < 4.78 is 40.3. The summed E-state index contributed by atoms with van der Waals surface area (Å²) in [5, 5.41) is 0. The minimum absolute atomic E-state index is 0.0790. The SMILES string of the molecule is NCC#Cc1ccc(S(=O)(=O)NCCCC2CC2)cc1F. The van der Waals surface area contributed by atoms with Crippen molar-refractivity contribution in [2.75, 3.05) is 13.1 Å². The number of nitrogens with one attached hydrogen (secondary N) is 1. The van der Waals surface area contributed by atoms with Crippen molar-refractivity contribution in [2.24, 2.45) is 11.7 Å². The molecule has 1 aromatic rings. The van der Waals surface area contributed by atoms with Crippen LogP contribution in [0.3, 0.4) is 0 Å². The fourth-order valence-electron chi connectivity index (χ4n) is 2.00. The number of rotatable bonds is 6. The van der Waals surface area contributed by atoms with Gasteiger partial charge in [0.05, 0.1) is 17.0 Å². The molecule has 1 aromatic carbocycles. The second-order valence-corrected chi connectivity index (χ2v) is 6.90. The van der Waals surface area contributed by atoms with Gasteiger partial charge in [0.15, 0.2) is 0 Å². The van der Waals surface area contributed by atoms with Gasteiger partial charge in [0.1, 0.15) is 5.82 Å². The van der Waals surface area contributed by atoms with E-state index in [2.05, 4.69) is 16.6 Å². The summed E-state index contributed by atoms with van der Waals surface area (Å²) in [5.41, 5.74) is 5.36. The standard InChI is InChI=1S/C15H19FN2O2S/c16-15-11-14(8-7-13(15)4-1-9-17)21(19,20)18-10-2-3-12-5-6-12/h7-8,11-12,18H,2-3,5-6,9-10,17H2. The summed E-state index contributed by atoms with van der Waals surface area (Å²) >= 11 is 0. The van der Waals surface area contributed by atoms with Crippen LogP contribution in [0.25, 0.3) is 0 Å². The summed E-state index contributed by atoms with van der Waals surface area (Å²) in [6, 6.07) is 3.70. The maximum absolute atomic E-state index is 13.8. The summed E-state index contributed by atoms with van der Waals surface area (Å²) in [5.74, 6) is 5.21. The van der Waals surface area contributed by atoms with Gasteiger partial charge in [-0.15, -0.1) is 0 Å². The van der Waals surface area contributed by atoms with Gasteiger partial charge in [-0.25, -0.2) is 17.5 Å². The Labute approximate surface area is 125 Å². The monoisotopic (exact) mass is 310 g/mol. The van der Waals surface area contributed by atoms with Crippen molar-refractivity contribution in [3.8, 4) is 11.8 Å². The van der Waals surface area contributed by atoms with Crippen molar-refractivity contribution < 1.29 is 12.8 Å². The summed E-state index contributed by atoms with van der Waals surface area (Å²) in [6.45, 7) is 0.511. The quantitative estimate of drug-likeness (QED) is 0.619. The van der Waals surface area contributed by atoms with Crippen molar-refractivity contribution >= 4 is 10.0 Å². The largest absolute Gasteiger partial charge is 0.320 e. The molecule has 2 rings (SSSR count).